The molecule has 0 spiro atoms. The summed E-state index contributed by atoms with van der Waals surface area (Å²) in [6.45, 7) is 9.34. The number of rotatable bonds is 12. The number of carbonyl (C=O) groups excluding carboxylic acids is 1. The van der Waals surface area contributed by atoms with Crippen molar-refractivity contribution < 1.29 is 23.0 Å². The van der Waals surface area contributed by atoms with Gasteiger partial charge in [-0.3, -0.25) is 19.1 Å². The molecule has 1 atom stereocenters. The fourth-order valence-corrected chi connectivity index (χ4v) is 6.64. The molecule has 0 saturated carbocycles. The number of hydrogen-bond acceptors (Lipinski definition) is 9. The van der Waals surface area contributed by atoms with Crippen LogP contribution < -0.4 is 21.3 Å². The number of methoxy groups -OCH3 is 1. The maximum Gasteiger partial charge on any atom is 0.333 e. The van der Waals surface area contributed by atoms with Crippen molar-refractivity contribution in [1.82, 2.24) is 34.3 Å². The van der Waals surface area contributed by atoms with Crippen LogP contribution in [0.5, 0.6) is 5.75 Å². The number of thiophene rings is 1. The number of likely N-dealkylation sites (tertiary alicyclic amines) is 1. The molecule has 1 fully saturated rings. The van der Waals surface area contributed by atoms with Crippen molar-refractivity contribution in [3.8, 4) is 10.8 Å². The van der Waals surface area contributed by atoms with Crippen LogP contribution in [-0.4, -0.2) is 80.5 Å². The van der Waals surface area contributed by atoms with Crippen molar-refractivity contribution in [2.45, 2.75) is 65.0 Å². The molecule has 0 radical (unpaired) electrons. The molecule has 0 bridgehead atoms. The lowest BCUT2D eigenvalue weighted by molar-refractivity contribution is -0.129. The number of aryl methyl sites for hydroxylation is 1. The van der Waals surface area contributed by atoms with E-state index < -0.39 is 40.8 Å². The molecule has 1 aliphatic heterocycles. The van der Waals surface area contributed by atoms with Crippen LogP contribution in [0.15, 0.2) is 40.2 Å². The van der Waals surface area contributed by atoms with Crippen LogP contribution in [0.3, 0.4) is 0 Å². The summed E-state index contributed by atoms with van der Waals surface area (Å²) >= 11 is 1.14. The highest BCUT2D eigenvalue weighted by Gasteiger charge is 2.36. The third-order valence-corrected chi connectivity index (χ3v) is 9.13. The molecule has 4 aromatic rings. The third kappa shape index (κ3) is 6.29. The highest BCUT2D eigenvalue weighted by molar-refractivity contribution is 7.21. The van der Waals surface area contributed by atoms with Gasteiger partial charge in [-0.05, 0) is 52.8 Å². The number of ether oxygens (including phenoxy) is 2. The summed E-state index contributed by atoms with van der Waals surface area (Å²) < 4.78 is 42.2. The van der Waals surface area contributed by atoms with Crippen molar-refractivity contribution >= 4 is 27.5 Å². The minimum atomic E-state index is -1.58. The number of alkyl halides is 1. The van der Waals surface area contributed by atoms with Gasteiger partial charge in [0, 0.05) is 36.8 Å². The first-order valence-electron chi connectivity index (χ1n) is 14.6. The van der Waals surface area contributed by atoms with E-state index in [1.807, 2.05) is 4.90 Å². The summed E-state index contributed by atoms with van der Waals surface area (Å²) in [6, 6.07) is 3.77. The minimum Gasteiger partial charge on any atom is -0.496 e. The summed E-state index contributed by atoms with van der Waals surface area (Å²) in [5, 5.41) is 12.0. The average Bonchev–Trinajstić information content (AvgIpc) is 3.61. The van der Waals surface area contributed by atoms with Gasteiger partial charge in [-0.2, -0.15) is 10.2 Å². The van der Waals surface area contributed by atoms with Gasteiger partial charge in [-0.15, -0.1) is 4.80 Å². The molecular weight excluding hydrogens is 608 g/mol. The van der Waals surface area contributed by atoms with E-state index in [1.165, 1.54) is 60.9 Å². The molecule has 5 rings (SSSR count). The SMILES string of the molecule is COc1ccc(F)cc1[C@H](Cn1c(=O)n(C(C)(C)C(=O)NC(C)C)c(=O)c2c(C)c(-n3nccn3)sc21)OCCN1CC(F)C1. The quantitative estimate of drug-likeness (QED) is 0.250. The van der Waals surface area contributed by atoms with Gasteiger partial charge in [0.15, 0.2) is 0 Å². The lowest BCUT2D eigenvalue weighted by Crippen LogP contribution is -2.56. The molecular formula is C30H37F2N7O5S. The van der Waals surface area contributed by atoms with Gasteiger partial charge in [0.25, 0.3) is 5.56 Å². The van der Waals surface area contributed by atoms with Crippen LogP contribution in [0.1, 0.15) is 44.9 Å². The number of aromatic nitrogens is 5. The van der Waals surface area contributed by atoms with Crippen LogP contribution in [0, 0.1) is 12.7 Å². The van der Waals surface area contributed by atoms with E-state index in [1.54, 1.807) is 20.8 Å². The Morgan fingerprint density at radius 2 is 1.89 bits per heavy atom. The van der Waals surface area contributed by atoms with Gasteiger partial charge in [-0.1, -0.05) is 11.3 Å². The number of nitrogens with one attached hydrogen (secondary N) is 1. The predicted molar refractivity (Wildman–Crippen MR) is 166 cm³/mol. The normalized spacial score (nSPS) is 15.0. The van der Waals surface area contributed by atoms with Crippen LogP contribution in [0.2, 0.25) is 0 Å². The van der Waals surface area contributed by atoms with Gasteiger partial charge in [0.1, 0.15) is 39.2 Å². The van der Waals surface area contributed by atoms with Crippen molar-refractivity contribution in [1.29, 1.82) is 0 Å². The Bertz CT molecular complexity index is 1810. The van der Waals surface area contributed by atoms with E-state index in [9.17, 15) is 23.2 Å². The smallest absolute Gasteiger partial charge is 0.333 e. The van der Waals surface area contributed by atoms with Crippen molar-refractivity contribution in [3.63, 3.8) is 0 Å². The molecule has 4 heterocycles. The second-order valence-electron chi connectivity index (χ2n) is 11.9. The molecule has 242 valence electrons. The number of amides is 1. The monoisotopic (exact) mass is 645 g/mol. The first-order valence-corrected chi connectivity index (χ1v) is 15.4. The Kier molecular flexibility index (Phi) is 9.23. The third-order valence-electron chi connectivity index (χ3n) is 7.85. The Morgan fingerprint density at radius 3 is 2.51 bits per heavy atom. The summed E-state index contributed by atoms with van der Waals surface area (Å²) in [5.41, 5.74) is -2.09. The van der Waals surface area contributed by atoms with Crippen LogP contribution in [0.25, 0.3) is 15.2 Å². The van der Waals surface area contributed by atoms with E-state index in [2.05, 4.69) is 15.5 Å². The average molecular weight is 646 g/mol. The molecule has 45 heavy (non-hydrogen) atoms. The van der Waals surface area contributed by atoms with Crippen molar-refractivity contribution in [3.05, 3.63) is 68.4 Å². The molecule has 1 N–H and O–H groups in total. The summed E-state index contributed by atoms with van der Waals surface area (Å²) in [5.74, 6) is -0.702. The van der Waals surface area contributed by atoms with E-state index in [4.69, 9.17) is 9.47 Å². The Morgan fingerprint density at radius 1 is 1.20 bits per heavy atom. The topological polar surface area (TPSA) is 126 Å². The molecule has 1 amide bonds. The molecule has 0 unspecified atom stereocenters. The van der Waals surface area contributed by atoms with Crippen molar-refractivity contribution in [2.24, 2.45) is 0 Å². The Hall–Kier alpha value is -3.95. The number of benzene rings is 1. The molecule has 15 heteroatoms. The van der Waals surface area contributed by atoms with Crippen LogP contribution >= 0.6 is 11.3 Å². The Balaban J connectivity index is 1.70. The van der Waals surface area contributed by atoms with Gasteiger partial charge < -0.3 is 14.8 Å². The van der Waals surface area contributed by atoms with E-state index in [0.29, 0.717) is 46.3 Å². The van der Waals surface area contributed by atoms with Gasteiger partial charge >= 0.3 is 5.69 Å². The van der Waals surface area contributed by atoms with Crippen molar-refractivity contribution in [2.75, 3.05) is 33.4 Å². The lowest BCUT2D eigenvalue weighted by atomic mass is 10.0. The standard InChI is InChI=1S/C30H37F2N7O5S/c1-17(2)35-28(41)30(4,5)38-25(40)24-18(3)26(39-33-9-10-34-39)45-27(24)37(29(38)42)16-23(44-12-11-36-14-20(32)15-36)21-13-19(31)7-8-22(21)43-6/h7-10,13,17,20,23H,11-12,14-16H2,1-6H3,(H,35,41)/t23-/m0/s1. The largest absolute Gasteiger partial charge is 0.496 e. The summed E-state index contributed by atoms with van der Waals surface area (Å²) in [6.07, 6.45) is 1.19. The van der Waals surface area contributed by atoms with E-state index in [-0.39, 0.29) is 24.6 Å². The molecule has 0 aliphatic carbocycles. The minimum absolute atomic E-state index is 0.156. The number of carbonyl (C=O) groups is 1. The second kappa shape index (κ2) is 12.8. The first-order chi connectivity index (χ1) is 21.3. The number of halogens is 2. The molecule has 1 saturated heterocycles. The van der Waals surface area contributed by atoms with Crippen LogP contribution in [0.4, 0.5) is 8.78 Å². The van der Waals surface area contributed by atoms with Gasteiger partial charge in [0.05, 0.1) is 38.0 Å². The fourth-order valence-electron chi connectivity index (χ4n) is 5.42. The number of hydrogen-bond donors (Lipinski definition) is 1. The van der Waals surface area contributed by atoms with Gasteiger partial charge in [0.2, 0.25) is 5.91 Å². The maximum absolute atomic E-state index is 14.6. The lowest BCUT2D eigenvalue weighted by Gasteiger charge is -2.34. The zero-order chi connectivity index (χ0) is 32.6. The zero-order valence-electron chi connectivity index (χ0n) is 26.0. The molecule has 12 nitrogen and oxygen atoms in total. The van der Waals surface area contributed by atoms with Gasteiger partial charge in [-0.25, -0.2) is 18.1 Å². The second-order valence-corrected chi connectivity index (χ2v) is 12.8. The van der Waals surface area contributed by atoms with Crippen LogP contribution in [-0.2, 0) is 21.6 Å². The number of nitrogens with zero attached hydrogens (tertiary/aromatic N) is 6. The maximum atomic E-state index is 14.6. The highest BCUT2D eigenvalue weighted by Crippen LogP contribution is 2.34. The fraction of sp³-hybridized carbons (Fsp3) is 0.500. The summed E-state index contributed by atoms with van der Waals surface area (Å²) in [4.78, 5) is 45.5. The highest BCUT2D eigenvalue weighted by atomic mass is 32.1. The molecule has 3 aromatic heterocycles. The summed E-state index contributed by atoms with van der Waals surface area (Å²) in [7, 11) is 1.45. The predicted octanol–water partition coefficient (Wildman–Crippen LogP) is 2.93. The van der Waals surface area contributed by atoms with E-state index >= 15 is 0 Å². The van der Waals surface area contributed by atoms with E-state index in [0.717, 1.165) is 15.9 Å². The molecule has 1 aliphatic rings. The first kappa shape index (κ1) is 32.4. The zero-order valence-corrected chi connectivity index (χ0v) is 26.9. The Labute approximate surface area is 262 Å². The molecule has 1 aromatic carbocycles. The number of fused-ring (bicyclic) bond motifs is 1.